The van der Waals surface area contributed by atoms with Crippen LogP contribution in [0.3, 0.4) is 0 Å². The van der Waals surface area contributed by atoms with Crippen LogP contribution in [0.1, 0.15) is 0 Å². The fraction of sp³-hybridized carbons (Fsp3) is 0. The summed E-state index contributed by atoms with van der Waals surface area (Å²) in [6, 6.07) is 32.3. The highest BCUT2D eigenvalue weighted by Crippen LogP contribution is 2.28. The molecular formula is C31H23ClFN9. The summed E-state index contributed by atoms with van der Waals surface area (Å²) >= 11 is 6.16. The molecule has 0 saturated carbocycles. The zero-order chi connectivity index (χ0) is 28.9. The third kappa shape index (κ3) is 6.57. The number of halogens is 2. The second-order valence-corrected chi connectivity index (χ2v) is 9.57. The Morgan fingerprint density at radius 2 is 1.05 bits per heavy atom. The molecule has 5 N–H and O–H groups in total. The Labute approximate surface area is 245 Å². The number of rotatable bonds is 8. The number of nitrogen functional groups attached to an aromatic ring is 1. The molecule has 0 spiro atoms. The van der Waals surface area contributed by atoms with Crippen molar-refractivity contribution in [1.82, 2.24) is 24.9 Å². The molecule has 4 aromatic carbocycles. The number of hydrogen-bond acceptors (Lipinski definition) is 9. The first-order chi connectivity index (χ1) is 20.5. The van der Waals surface area contributed by atoms with Gasteiger partial charge in [-0.1, -0.05) is 54.1 Å². The van der Waals surface area contributed by atoms with Crippen molar-refractivity contribution < 1.29 is 4.39 Å². The third-order valence-corrected chi connectivity index (χ3v) is 6.30. The highest BCUT2D eigenvalue weighted by molar-refractivity contribution is 6.30. The molecule has 0 aliphatic rings. The Morgan fingerprint density at radius 1 is 0.524 bits per heavy atom. The lowest BCUT2D eigenvalue weighted by Crippen LogP contribution is -2.07. The van der Waals surface area contributed by atoms with E-state index in [-0.39, 0.29) is 17.7 Å². The minimum atomic E-state index is -0.334. The minimum Gasteiger partial charge on any atom is -0.368 e. The van der Waals surface area contributed by atoms with E-state index in [0.717, 1.165) is 22.5 Å². The standard InChI is InChI=1S/C31H23ClFN9/c32-21-6-4-5-20(17-21)27-18-26(38-28(34)39-27)19-9-13-24(14-10-19)36-30-40-29(35-23-7-2-1-3-8-23)41-31(42-30)37-25-15-11-22(33)12-16-25/h1-18H,(H2,34,38,39)(H3,35,36,37,40,41,42). The summed E-state index contributed by atoms with van der Waals surface area (Å²) in [6.07, 6.45) is 0. The molecule has 0 bridgehead atoms. The van der Waals surface area contributed by atoms with Crippen molar-refractivity contribution in [1.29, 1.82) is 0 Å². The van der Waals surface area contributed by atoms with Crippen molar-refractivity contribution >= 4 is 52.5 Å². The summed E-state index contributed by atoms with van der Waals surface area (Å²) in [6.45, 7) is 0. The second-order valence-electron chi connectivity index (χ2n) is 9.14. The molecule has 6 rings (SSSR count). The van der Waals surface area contributed by atoms with Crippen LogP contribution in [0, 0.1) is 5.82 Å². The number of nitrogens with zero attached hydrogens (tertiary/aromatic N) is 5. The normalized spacial score (nSPS) is 10.7. The molecule has 2 heterocycles. The number of nitrogens with two attached hydrogens (primary N) is 1. The Bertz CT molecular complexity index is 1830. The van der Waals surface area contributed by atoms with Crippen molar-refractivity contribution in [3.8, 4) is 22.5 Å². The van der Waals surface area contributed by atoms with Gasteiger partial charge < -0.3 is 21.7 Å². The highest BCUT2D eigenvalue weighted by Gasteiger charge is 2.11. The number of hydrogen-bond donors (Lipinski definition) is 4. The van der Waals surface area contributed by atoms with Crippen LogP contribution < -0.4 is 21.7 Å². The smallest absolute Gasteiger partial charge is 0.233 e. The Morgan fingerprint density at radius 3 is 1.62 bits per heavy atom. The van der Waals surface area contributed by atoms with Gasteiger partial charge in [-0.25, -0.2) is 14.4 Å². The molecule has 0 saturated heterocycles. The molecule has 0 atom stereocenters. The molecule has 206 valence electrons. The van der Waals surface area contributed by atoms with Gasteiger partial charge in [0.1, 0.15) is 5.82 Å². The Hall–Kier alpha value is -5.61. The summed E-state index contributed by atoms with van der Waals surface area (Å²) in [7, 11) is 0. The first-order valence-corrected chi connectivity index (χ1v) is 13.2. The van der Waals surface area contributed by atoms with Crippen LogP contribution in [0.25, 0.3) is 22.5 Å². The summed E-state index contributed by atoms with van der Waals surface area (Å²) in [5.74, 6) is 0.729. The monoisotopic (exact) mass is 575 g/mol. The lowest BCUT2D eigenvalue weighted by molar-refractivity contribution is 0.628. The van der Waals surface area contributed by atoms with Crippen LogP contribution in [0.15, 0.2) is 109 Å². The zero-order valence-corrected chi connectivity index (χ0v) is 22.7. The molecule has 2 aromatic heterocycles. The van der Waals surface area contributed by atoms with Crippen molar-refractivity contribution in [2.75, 3.05) is 21.7 Å². The topological polar surface area (TPSA) is 127 Å². The van der Waals surface area contributed by atoms with E-state index in [4.69, 9.17) is 17.3 Å². The van der Waals surface area contributed by atoms with Gasteiger partial charge in [0, 0.05) is 33.2 Å². The first-order valence-electron chi connectivity index (χ1n) is 12.9. The summed E-state index contributed by atoms with van der Waals surface area (Å²) in [5.41, 5.74) is 11.2. The van der Waals surface area contributed by atoms with Gasteiger partial charge in [0.05, 0.1) is 11.4 Å². The van der Waals surface area contributed by atoms with E-state index in [1.807, 2.05) is 78.9 Å². The summed E-state index contributed by atoms with van der Waals surface area (Å²) < 4.78 is 13.4. The minimum absolute atomic E-state index is 0.162. The van der Waals surface area contributed by atoms with Gasteiger partial charge in [0.2, 0.25) is 23.8 Å². The second kappa shape index (κ2) is 11.9. The molecule has 0 aliphatic heterocycles. The molecule has 0 amide bonds. The maximum atomic E-state index is 13.4. The van der Waals surface area contributed by atoms with Crippen LogP contribution in [-0.4, -0.2) is 24.9 Å². The molecule has 0 aliphatic carbocycles. The van der Waals surface area contributed by atoms with E-state index in [0.29, 0.717) is 34.0 Å². The molecule has 6 aromatic rings. The number of anilines is 7. The molecule has 0 radical (unpaired) electrons. The summed E-state index contributed by atoms with van der Waals surface area (Å²) in [5, 5.41) is 10.1. The van der Waals surface area contributed by atoms with Gasteiger partial charge in [-0.3, -0.25) is 0 Å². The SMILES string of the molecule is Nc1nc(-c2ccc(Nc3nc(Nc4ccccc4)nc(Nc4ccc(F)cc4)n3)cc2)cc(-c2cccc(Cl)c2)n1. The maximum absolute atomic E-state index is 13.4. The average molecular weight is 576 g/mol. The number of benzene rings is 4. The van der Waals surface area contributed by atoms with Crippen molar-refractivity contribution in [2.24, 2.45) is 0 Å². The van der Waals surface area contributed by atoms with Crippen LogP contribution >= 0.6 is 11.6 Å². The predicted octanol–water partition coefficient (Wildman–Crippen LogP) is 7.60. The average Bonchev–Trinajstić information content (AvgIpc) is 2.99. The van der Waals surface area contributed by atoms with Crippen LogP contribution in [0.5, 0.6) is 0 Å². The maximum Gasteiger partial charge on any atom is 0.233 e. The van der Waals surface area contributed by atoms with E-state index in [2.05, 4.69) is 40.9 Å². The van der Waals surface area contributed by atoms with Crippen LogP contribution in [-0.2, 0) is 0 Å². The number of nitrogens with one attached hydrogen (secondary N) is 3. The van der Waals surface area contributed by atoms with Gasteiger partial charge in [0.15, 0.2) is 0 Å². The Kier molecular flexibility index (Phi) is 7.52. The fourth-order valence-corrected chi connectivity index (χ4v) is 4.31. The fourth-order valence-electron chi connectivity index (χ4n) is 4.12. The van der Waals surface area contributed by atoms with Crippen molar-refractivity contribution in [3.05, 3.63) is 120 Å². The predicted molar refractivity (Wildman–Crippen MR) is 165 cm³/mol. The molecule has 42 heavy (non-hydrogen) atoms. The highest BCUT2D eigenvalue weighted by atomic mass is 35.5. The lowest BCUT2D eigenvalue weighted by Gasteiger charge is -2.12. The van der Waals surface area contributed by atoms with Crippen LogP contribution in [0.4, 0.5) is 45.2 Å². The first kappa shape index (κ1) is 26.6. The molecule has 0 fully saturated rings. The van der Waals surface area contributed by atoms with E-state index < -0.39 is 0 Å². The Balaban J connectivity index is 1.26. The van der Waals surface area contributed by atoms with Gasteiger partial charge in [0.25, 0.3) is 0 Å². The largest absolute Gasteiger partial charge is 0.368 e. The van der Waals surface area contributed by atoms with Gasteiger partial charge >= 0.3 is 0 Å². The van der Waals surface area contributed by atoms with Crippen molar-refractivity contribution in [3.63, 3.8) is 0 Å². The number of para-hydroxylation sites is 1. The third-order valence-electron chi connectivity index (χ3n) is 6.07. The van der Waals surface area contributed by atoms with Gasteiger partial charge in [-0.05, 0) is 66.7 Å². The van der Waals surface area contributed by atoms with Crippen molar-refractivity contribution in [2.45, 2.75) is 0 Å². The zero-order valence-electron chi connectivity index (χ0n) is 22.0. The molecule has 11 heteroatoms. The summed E-state index contributed by atoms with van der Waals surface area (Å²) in [4.78, 5) is 22.3. The van der Waals surface area contributed by atoms with Gasteiger partial charge in [-0.2, -0.15) is 15.0 Å². The van der Waals surface area contributed by atoms with Crippen LogP contribution in [0.2, 0.25) is 5.02 Å². The van der Waals surface area contributed by atoms with E-state index in [9.17, 15) is 4.39 Å². The van der Waals surface area contributed by atoms with E-state index in [1.165, 1.54) is 12.1 Å². The quantitative estimate of drug-likeness (QED) is 0.145. The number of aromatic nitrogens is 5. The lowest BCUT2D eigenvalue weighted by atomic mass is 10.1. The molecule has 0 unspecified atom stereocenters. The van der Waals surface area contributed by atoms with Gasteiger partial charge in [-0.15, -0.1) is 0 Å². The van der Waals surface area contributed by atoms with E-state index >= 15 is 0 Å². The molecule has 9 nitrogen and oxygen atoms in total. The van der Waals surface area contributed by atoms with E-state index in [1.54, 1.807) is 18.2 Å². The molecular weight excluding hydrogens is 553 g/mol.